The summed E-state index contributed by atoms with van der Waals surface area (Å²) in [5.74, 6) is -2.04. The van der Waals surface area contributed by atoms with Gasteiger partial charge in [0.05, 0.1) is 11.1 Å². The van der Waals surface area contributed by atoms with E-state index in [0.29, 0.717) is 22.4 Å². The summed E-state index contributed by atoms with van der Waals surface area (Å²) >= 11 is 0. The Balaban J connectivity index is 1.67. The number of carbonyl (C=O) groups excluding carboxylic acids is 3. The normalized spacial score (nSPS) is 12.3. The maximum Gasteiger partial charge on any atom is 0.255 e. The van der Waals surface area contributed by atoms with E-state index in [-0.39, 0.29) is 29.1 Å². The number of anilines is 1. The summed E-state index contributed by atoms with van der Waals surface area (Å²) in [6.45, 7) is 2.06. The zero-order chi connectivity index (χ0) is 21.4. The molecule has 0 fully saturated rings. The van der Waals surface area contributed by atoms with E-state index in [1.54, 1.807) is 30.3 Å². The molecular weight excluding hydrogens is 385 g/mol. The van der Waals surface area contributed by atoms with Gasteiger partial charge in [0.25, 0.3) is 11.8 Å². The molecule has 0 saturated carbocycles. The Bertz CT molecular complexity index is 1220. The van der Waals surface area contributed by atoms with Gasteiger partial charge in [0, 0.05) is 23.4 Å². The first-order valence-electron chi connectivity index (χ1n) is 9.27. The van der Waals surface area contributed by atoms with E-state index in [0.717, 1.165) is 5.56 Å². The van der Waals surface area contributed by atoms with E-state index >= 15 is 0 Å². The van der Waals surface area contributed by atoms with Crippen LogP contribution in [0.3, 0.4) is 0 Å². The number of nitrogens with one attached hydrogen (secondary N) is 2. The number of benzene rings is 3. The van der Waals surface area contributed by atoms with Crippen LogP contribution in [0.25, 0.3) is 11.1 Å². The Morgan fingerprint density at radius 3 is 2.53 bits per heavy atom. The predicted molar refractivity (Wildman–Crippen MR) is 111 cm³/mol. The van der Waals surface area contributed by atoms with Crippen LogP contribution in [0.4, 0.5) is 10.1 Å². The molecule has 30 heavy (non-hydrogen) atoms. The van der Waals surface area contributed by atoms with E-state index in [9.17, 15) is 18.8 Å². The van der Waals surface area contributed by atoms with Gasteiger partial charge in [0.15, 0.2) is 0 Å². The molecule has 0 spiro atoms. The molecule has 0 saturated heterocycles. The van der Waals surface area contributed by atoms with E-state index in [1.807, 2.05) is 13.0 Å². The van der Waals surface area contributed by atoms with Crippen molar-refractivity contribution in [1.82, 2.24) is 5.32 Å². The number of amides is 3. The third-order valence-corrected chi connectivity index (χ3v) is 5.03. The van der Waals surface area contributed by atoms with Crippen LogP contribution in [-0.2, 0) is 6.54 Å². The highest BCUT2D eigenvalue weighted by atomic mass is 19.1. The molecule has 6 nitrogen and oxygen atoms in total. The van der Waals surface area contributed by atoms with Gasteiger partial charge in [-0.25, -0.2) is 4.39 Å². The van der Waals surface area contributed by atoms with Crippen molar-refractivity contribution >= 4 is 23.4 Å². The lowest BCUT2D eigenvalue weighted by Gasteiger charge is -2.12. The predicted octanol–water partition coefficient (Wildman–Crippen LogP) is 3.40. The minimum absolute atomic E-state index is 0.103. The van der Waals surface area contributed by atoms with Gasteiger partial charge in [-0.2, -0.15) is 0 Å². The summed E-state index contributed by atoms with van der Waals surface area (Å²) < 4.78 is 14.9. The van der Waals surface area contributed by atoms with Crippen molar-refractivity contribution in [2.24, 2.45) is 5.73 Å². The number of rotatable bonds is 4. The number of nitrogens with two attached hydrogens (primary N) is 1. The van der Waals surface area contributed by atoms with Gasteiger partial charge in [-0.1, -0.05) is 23.8 Å². The van der Waals surface area contributed by atoms with Crippen molar-refractivity contribution < 1.29 is 18.8 Å². The van der Waals surface area contributed by atoms with E-state index < -0.39 is 17.6 Å². The number of aryl methyl sites for hydroxylation is 1. The fourth-order valence-corrected chi connectivity index (χ4v) is 3.61. The van der Waals surface area contributed by atoms with E-state index in [1.165, 1.54) is 18.2 Å². The van der Waals surface area contributed by atoms with Crippen molar-refractivity contribution in [3.8, 4) is 11.1 Å². The van der Waals surface area contributed by atoms with Crippen LogP contribution in [0, 0.1) is 12.7 Å². The monoisotopic (exact) mass is 403 g/mol. The number of fused-ring (bicyclic) bond motifs is 1. The number of hydrogen-bond donors (Lipinski definition) is 3. The molecule has 3 amide bonds. The highest BCUT2D eigenvalue weighted by molar-refractivity contribution is 6.10. The van der Waals surface area contributed by atoms with Crippen molar-refractivity contribution in [2.75, 3.05) is 5.32 Å². The Hall–Kier alpha value is -4.00. The maximum absolute atomic E-state index is 14.9. The molecule has 1 aliphatic rings. The lowest BCUT2D eigenvalue weighted by molar-refractivity contribution is 0.0947. The molecule has 150 valence electrons. The van der Waals surface area contributed by atoms with E-state index in [2.05, 4.69) is 10.6 Å². The molecule has 0 unspecified atom stereocenters. The zero-order valence-electron chi connectivity index (χ0n) is 16.1. The van der Waals surface area contributed by atoms with Crippen LogP contribution in [0.15, 0.2) is 54.6 Å². The molecule has 4 N–H and O–H groups in total. The summed E-state index contributed by atoms with van der Waals surface area (Å²) in [6, 6.07) is 14.4. The van der Waals surface area contributed by atoms with Gasteiger partial charge >= 0.3 is 0 Å². The second-order valence-electron chi connectivity index (χ2n) is 7.08. The quantitative estimate of drug-likeness (QED) is 0.622. The Labute approximate surface area is 171 Å². The first-order chi connectivity index (χ1) is 14.3. The van der Waals surface area contributed by atoms with Gasteiger partial charge in [-0.3, -0.25) is 14.4 Å². The van der Waals surface area contributed by atoms with Gasteiger partial charge in [0.2, 0.25) is 5.91 Å². The molecule has 3 aromatic carbocycles. The fraction of sp³-hybridized carbons (Fsp3) is 0.0870. The average molecular weight is 403 g/mol. The topological polar surface area (TPSA) is 101 Å². The number of primary amides is 1. The molecule has 1 aliphatic heterocycles. The SMILES string of the molecule is Cc1cccc(C(=O)Nc2ccc(-c3ccc(C(N)=O)c4c3CNC4=O)c(F)c2)c1. The fourth-order valence-electron chi connectivity index (χ4n) is 3.61. The molecule has 0 atom stereocenters. The largest absolute Gasteiger partial charge is 0.366 e. The smallest absolute Gasteiger partial charge is 0.255 e. The second kappa shape index (κ2) is 7.44. The molecule has 3 aromatic rings. The first kappa shape index (κ1) is 19.3. The lowest BCUT2D eigenvalue weighted by Crippen LogP contribution is -2.19. The summed E-state index contributed by atoms with van der Waals surface area (Å²) in [7, 11) is 0. The van der Waals surface area contributed by atoms with Crippen molar-refractivity contribution in [3.63, 3.8) is 0 Å². The minimum Gasteiger partial charge on any atom is -0.366 e. The first-order valence-corrected chi connectivity index (χ1v) is 9.27. The summed E-state index contributed by atoms with van der Waals surface area (Å²) in [4.78, 5) is 36.2. The molecule has 7 heteroatoms. The zero-order valence-corrected chi connectivity index (χ0v) is 16.1. The van der Waals surface area contributed by atoms with Crippen LogP contribution in [0.2, 0.25) is 0 Å². The third-order valence-electron chi connectivity index (χ3n) is 5.03. The highest BCUT2D eigenvalue weighted by Crippen LogP contribution is 2.34. The molecule has 0 aliphatic carbocycles. The number of carbonyl (C=O) groups is 3. The molecule has 1 heterocycles. The maximum atomic E-state index is 14.9. The van der Waals surface area contributed by atoms with Crippen molar-refractivity contribution in [1.29, 1.82) is 0 Å². The molecule has 4 rings (SSSR count). The summed E-state index contributed by atoms with van der Waals surface area (Å²) in [6.07, 6.45) is 0. The summed E-state index contributed by atoms with van der Waals surface area (Å²) in [5.41, 5.74) is 8.63. The van der Waals surface area contributed by atoms with Crippen LogP contribution < -0.4 is 16.4 Å². The van der Waals surface area contributed by atoms with Gasteiger partial charge < -0.3 is 16.4 Å². The highest BCUT2D eigenvalue weighted by Gasteiger charge is 2.28. The molecule has 0 aromatic heterocycles. The van der Waals surface area contributed by atoms with Crippen molar-refractivity contribution in [2.45, 2.75) is 13.5 Å². The van der Waals surface area contributed by atoms with Gasteiger partial charge in [0.1, 0.15) is 5.82 Å². The molecule has 0 radical (unpaired) electrons. The van der Waals surface area contributed by atoms with Crippen LogP contribution in [0.5, 0.6) is 0 Å². The molecule has 0 bridgehead atoms. The third kappa shape index (κ3) is 3.41. The summed E-state index contributed by atoms with van der Waals surface area (Å²) in [5, 5.41) is 5.33. The number of halogens is 1. The number of hydrogen-bond acceptors (Lipinski definition) is 3. The van der Waals surface area contributed by atoms with Crippen LogP contribution >= 0.6 is 0 Å². The van der Waals surface area contributed by atoms with Gasteiger partial charge in [-0.05, 0) is 54.4 Å². The Morgan fingerprint density at radius 1 is 1.07 bits per heavy atom. The lowest BCUT2D eigenvalue weighted by atomic mass is 9.92. The van der Waals surface area contributed by atoms with E-state index in [4.69, 9.17) is 5.73 Å². The second-order valence-corrected chi connectivity index (χ2v) is 7.08. The van der Waals surface area contributed by atoms with Crippen LogP contribution in [0.1, 0.15) is 42.2 Å². The standard InChI is InChI=1S/C23H18FN3O3/c1-12-3-2-4-13(9-12)22(29)27-14-5-6-16(19(24)10-14)15-7-8-17(21(25)28)20-18(15)11-26-23(20)30/h2-10H,11H2,1H3,(H2,25,28)(H,26,30)(H,27,29). The molecular formula is C23H18FN3O3. The van der Waals surface area contributed by atoms with Gasteiger partial charge in [-0.15, -0.1) is 0 Å². The Morgan fingerprint density at radius 2 is 1.83 bits per heavy atom. The van der Waals surface area contributed by atoms with Crippen LogP contribution in [-0.4, -0.2) is 17.7 Å². The minimum atomic E-state index is -0.718. The Kier molecular flexibility index (Phi) is 4.79. The van der Waals surface area contributed by atoms with Crippen molar-refractivity contribution in [3.05, 3.63) is 88.2 Å². The average Bonchev–Trinajstić information content (AvgIpc) is 3.09.